The monoisotopic (exact) mass is 410 g/mol. The number of halogens is 3. The zero-order chi connectivity index (χ0) is 18.4. The van der Waals surface area contributed by atoms with E-state index in [1.165, 1.54) is 20.8 Å². The molecule has 1 amide bonds. The molecule has 1 aliphatic heterocycles. The van der Waals surface area contributed by atoms with E-state index in [1.807, 2.05) is 11.4 Å². The molecule has 0 aliphatic carbocycles. The number of hydrogen-bond acceptors (Lipinski definition) is 3. The summed E-state index contributed by atoms with van der Waals surface area (Å²) < 4.78 is 15.1. The molecule has 1 fully saturated rings. The normalized spacial score (nSPS) is 14.7. The van der Waals surface area contributed by atoms with Crippen LogP contribution in [-0.2, 0) is 11.3 Å². The number of nitrogens with zero attached hydrogens (tertiary/aromatic N) is 2. The minimum atomic E-state index is -0.962. The Morgan fingerprint density at radius 3 is 2.69 bits per heavy atom. The summed E-state index contributed by atoms with van der Waals surface area (Å²) in [5.41, 5.74) is 1.29. The molecule has 1 aromatic carbocycles. The minimum Gasteiger partial charge on any atom is -0.335 e. The molecule has 134 valence electrons. The van der Waals surface area contributed by atoms with E-state index in [2.05, 4.69) is 0 Å². The number of likely N-dealkylation sites (tertiary alicyclic amines) is 1. The van der Waals surface area contributed by atoms with Gasteiger partial charge in [-0.1, -0.05) is 29.3 Å². The molecule has 0 bridgehead atoms. The number of fused-ring (bicyclic) bond motifs is 1. The fourth-order valence-corrected chi connectivity index (χ4v) is 4.21. The van der Waals surface area contributed by atoms with Gasteiger partial charge in [-0.3, -0.25) is 9.59 Å². The number of hydrogen-bond donors (Lipinski definition) is 0. The van der Waals surface area contributed by atoms with Gasteiger partial charge in [0, 0.05) is 21.8 Å². The van der Waals surface area contributed by atoms with E-state index in [1.54, 1.807) is 24.4 Å². The molecule has 2 aromatic heterocycles. The number of carbonyl (C=O) groups excluding carboxylic acids is 1. The standard InChI is InChI=1S/C18H13Cl2FN2O2S/c19-13-2-1-10(5-14(13)20)12-9-26-15-3-4-22(18(25)17(12)15)8-16(24)23-6-11(21)7-23/h1-5,9,11H,6-8H2. The Balaban J connectivity index is 1.73. The van der Waals surface area contributed by atoms with Crippen molar-refractivity contribution in [2.45, 2.75) is 12.7 Å². The second-order valence-electron chi connectivity index (χ2n) is 6.16. The number of thiophene rings is 1. The number of pyridine rings is 1. The van der Waals surface area contributed by atoms with E-state index < -0.39 is 6.17 Å². The lowest BCUT2D eigenvalue weighted by atomic mass is 10.1. The predicted octanol–water partition coefficient (Wildman–Crippen LogP) is 4.22. The lowest BCUT2D eigenvalue weighted by Gasteiger charge is -2.34. The first kappa shape index (κ1) is 17.5. The van der Waals surface area contributed by atoms with Gasteiger partial charge in [0.2, 0.25) is 5.91 Å². The molecule has 0 spiro atoms. The van der Waals surface area contributed by atoms with Crippen molar-refractivity contribution in [3.8, 4) is 11.1 Å². The molecule has 26 heavy (non-hydrogen) atoms. The van der Waals surface area contributed by atoms with Crippen molar-refractivity contribution < 1.29 is 9.18 Å². The number of aromatic nitrogens is 1. The van der Waals surface area contributed by atoms with Crippen molar-refractivity contribution in [2.24, 2.45) is 0 Å². The van der Waals surface area contributed by atoms with Crippen LogP contribution in [0, 0.1) is 0 Å². The van der Waals surface area contributed by atoms with E-state index in [0.717, 1.165) is 15.8 Å². The second kappa shape index (κ2) is 6.68. The molecule has 3 heterocycles. The molecule has 0 unspecified atom stereocenters. The van der Waals surface area contributed by atoms with Crippen LogP contribution in [0.2, 0.25) is 10.0 Å². The SMILES string of the molecule is O=C(Cn1ccc2scc(-c3ccc(Cl)c(Cl)c3)c2c1=O)N1CC(F)C1. The molecule has 0 saturated carbocycles. The first-order valence-electron chi connectivity index (χ1n) is 7.92. The Kier molecular flexibility index (Phi) is 4.50. The third-order valence-corrected chi connectivity index (χ3v) is 6.11. The van der Waals surface area contributed by atoms with Crippen LogP contribution in [0.3, 0.4) is 0 Å². The van der Waals surface area contributed by atoms with Crippen LogP contribution in [-0.4, -0.2) is 34.6 Å². The number of alkyl halides is 1. The Morgan fingerprint density at radius 1 is 1.23 bits per heavy atom. The fraction of sp³-hybridized carbons (Fsp3) is 0.222. The average molecular weight is 411 g/mol. The first-order chi connectivity index (χ1) is 12.4. The first-order valence-corrected chi connectivity index (χ1v) is 9.55. The van der Waals surface area contributed by atoms with Crippen LogP contribution < -0.4 is 5.56 Å². The van der Waals surface area contributed by atoms with Crippen LogP contribution in [0.25, 0.3) is 21.2 Å². The van der Waals surface area contributed by atoms with Gasteiger partial charge in [0.05, 0.1) is 28.5 Å². The molecular formula is C18H13Cl2FN2O2S. The number of carbonyl (C=O) groups is 1. The number of rotatable bonds is 3. The largest absolute Gasteiger partial charge is 0.335 e. The van der Waals surface area contributed by atoms with Gasteiger partial charge in [0.25, 0.3) is 5.56 Å². The molecule has 4 rings (SSSR count). The van der Waals surface area contributed by atoms with Crippen molar-refractivity contribution in [2.75, 3.05) is 13.1 Å². The van der Waals surface area contributed by atoms with Crippen molar-refractivity contribution in [3.63, 3.8) is 0 Å². The van der Waals surface area contributed by atoms with E-state index in [-0.39, 0.29) is 31.1 Å². The van der Waals surface area contributed by atoms with Crippen LogP contribution in [0.15, 0.2) is 40.6 Å². The second-order valence-corrected chi connectivity index (χ2v) is 7.89. The lowest BCUT2D eigenvalue weighted by Crippen LogP contribution is -2.52. The van der Waals surface area contributed by atoms with Gasteiger partial charge in [-0.2, -0.15) is 0 Å². The highest BCUT2D eigenvalue weighted by Crippen LogP contribution is 2.34. The quantitative estimate of drug-likeness (QED) is 0.648. The molecule has 0 radical (unpaired) electrons. The highest BCUT2D eigenvalue weighted by atomic mass is 35.5. The van der Waals surface area contributed by atoms with E-state index in [0.29, 0.717) is 15.4 Å². The maximum absolute atomic E-state index is 12.9. The number of benzene rings is 1. The zero-order valence-corrected chi connectivity index (χ0v) is 15.7. The van der Waals surface area contributed by atoms with Crippen LogP contribution >= 0.6 is 34.5 Å². The van der Waals surface area contributed by atoms with Gasteiger partial charge in [-0.15, -0.1) is 11.3 Å². The molecule has 8 heteroatoms. The molecule has 1 aliphatic rings. The summed E-state index contributed by atoms with van der Waals surface area (Å²) in [6.45, 7) is 0.101. The molecule has 4 nitrogen and oxygen atoms in total. The van der Waals surface area contributed by atoms with Gasteiger partial charge in [-0.05, 0) is 23.8 Å². The molecule has 0 N–H and O–H groups in total. The Hall–Kier alpha value is -1.89. The summed E-state index contributed by atoms with van der Waals surface area (Å²) in [7, 11) is 0. The highest BCUT2D eigenvalue weighted by molar-refractivity contribution is 7.17. The summed E-state index contributed by atoms with van der Waals surface area (Å²) in [5.74, 6) is -0.258. The van der Waals surface area contributed by atoms with Crippen molar-refractivity contribution in [3.05, 3.63) is 56.2 Å². The Bertz CT molecular complexity index is 1070. The summed E-state index contributed by atoms with van der Waals surface area (Å²) >= 11 is 13.5. The Morgan fingerprint density at radius 2 is 2.00 bits per heavy atom. The van der Waals surface area contributed by atoms with Crippen LogP contribution in [0.5, 0.6) is 0 Å². The molecular weight excluding hydrogens is 398 g/mol. The van der Waals surface area contributed by atoms with Crippen molar-refractivity contribution in [1.29, 1.82) is 0 Å². The summed E-state index contributed by atoms with van der Waals surface area (Å²) in [4.78, 5) is 26.5. The van der Waals surface area contributed by atoms with Gasteiger partial charge in [0.1, 0.15) is 12.7 Å². The van der Waals surface area contributed by atoms with Crippen molar-refractivity contribution in [1.82, 2.24) is 9.47 Å². The molecule has 3 aromatic rings. The van der Waals surface area contributed by atoms with Crippen LogP contribution in [0.1, 0.15) is 0 Å². The topological polar surface area (TPSA) is 42.3 Å². The van der Waals surface area contributed by atoms with Gasteiger partial charge in [0.15, 0.2) is 0 Å². The minimum absolute atomic E-state index is 0.0991. The molecule has 1 saturated heterocycles. The third kappa shape index (κ3) is 3.02. The Labute approximate surface area is 162 Å². The highest BCUT2D eigenvalue weighted by Gasteiger charge is 2.30. The number of amides is 1. The average Bonchev–Trinajstić information content (AvgIpc) is 3.02. The zero-order valence-electron chi connectivity index (χ0n) is 13.4. The van der Waals surface area contributed by atoms with Crippen LogP contribution in [0.4, 0.5) is 4.39 Å². The van der Waals surface area contributed by atoms with Gasteiger partial charge < -0.3 is 9.47 Å². The fourth-order valence-electron chi connectivity index (χ4n) is 2.96. The predicted molar refractivity (Wildman–Crippen MR) is 103 cm³/mol. The third-order valence-electron chi connectivity index (χ3n) is 4.43. The maximum Gasteiger partial charge on any atom is 0.260 e. The summed E-state index contributed by atoms with van der Waals surface area (Å²) in [6, 6.07) is 7.02. The van der Waals surface area contributed by atoms with E-state index in [4.69, 9.17) is 23.2 Å². The maximum atomic E-state index is 12.9. The summed E-state index contributed by atoms with van der Waals surface area (Å²) in [6.07, 6.45) is 0.640. The van der Waals surface area contributed by atoms with Gasteiger partial charge in [-0.25, -0.2) is 4.39 Å². The molecule has 0 atom stereocenters. The smallest absolute Gasteiger partial charge is 0.260 e. The lowest BCUT2D eigenvalue weighted by molar-refractivity contribution is -0.138. The van der Waals surface area contributed by atoms with Crippen molar-refractivity contribution >= 4 is 50.5 Å². The van der Waals surface area contributed by atoms with Gasteiger partial charge >= 0.3 is 0 Å². The summed E-state index contributed by atoms with van der Waals surface area (Å²) in [5, 5.41) is 3.28. The van der Waals surface area contributed by atoms with E-state index >= 15 is 0 Å². The van der Waals surface area contributed by atoms with E-state index in [9.17, 15) is 14.0 Å².